The fourth-order valence-electron chi connectivity index (χ4n) is 1.00. The number of aromatic nitrogens is 2. The number of hydrogen-bond acceptors (Lipinski definition) is 5. The summed E-state index contributed by atoms with van der Waals surface area (Å²) >= 11 is 0. The predicted molar refractivity (Wildman–Crippen MR) is 56.8 cm³/mol. The molecule has 1 aromatic heterocycles. The molecule has 0 aliphatic rings. The Balaban J connectivity index is 2.98. The van der Waals surface area contributed by atoms with Crippen LogP contribution < -0.4 is 11.5 Å². The van der Waals surface area contributed by atoms with E-state index in [-0.39, 0.29) is 11.5 Å². The van der Waals surface area contributed by atoms with E-state index in [0.29, 0.717) is 0 Å². The highest BCUT2D eigenvalue weighted by Crippen LogP contribution is 2.13. The van der Waals surface area contributed by atoms with Crippen LogP contribution in [0.15, 0.2) is 6.33 Å². The van der Waals surface area contributed by atoms with Crippen LogP contribution in [0.5, 0.6) is 0 Å². The number of carbonyl (C=O) groups excluding carboxylic acids is 2. The van der Waals surface area contributed by atoms with Crippen LogP contribution in [0.2, 0.25) is 0 Å². The fourth-order valence-corrected chi connectivity index (χ4v) is 1.00. The summed E-state index contributed by atoms with van der Waals surface area (Å²) in [6.45, 7) is 5.15. The molecule has 7 heteroatoms. The number of nitrogen functional groups attached to an aromatic ring is 1. The van der Waals surface area contributed by atoms with E-state index in [4.69, 9.17) is 16.2 Å². The number of carbonyl (C=O) groups is 2. The summed E-state index contributed by atoms with van der Waals surface area (Å²) in [7, 11) is 0. The van der Waals surface area contributed by atoms with Gasteiger partial charge in [-0.25, -0.2) is 14.3 Å². The third-order valence-corrected chi connectivity index (χ3v) is 1.63. The van der Waals surface area contributed by atoms with Gasteiger partial charge in [0.25, 0.3) is 5.91 Å². The van der Waals surface area contributed by atoms with Crippen LogP contribution in [0.25, 0.3) is 0 Å². The first kappa shape index (κ1) is 12.0. The van der Waals surface area contributed by atoms with Crippen molar-refractivity contribution in [1.82, 2.24) is 9.55 Å². The van der Waals surface area contributed by atoms with Crippen LogP contribution in [0, 0.1) is 0 Å². The molecule has 4 N–H and O–H groups in total. The third kappa shape index (κ3) is 2.50. The topological polar surface area (TPSA) is 113 Å². The average Bonchev–Trinajstić information content (AvgIpc) is 2.43. The summed E-state index contributed by atoms with van der Waals surface area (Å²) in [5, 5.41) is 0. The number of nitrogens with zero attached hydrogens (tertiary/aromatic N) is 2. The van der Waals surface area contributed by atoms with Crippen LogP contribution in [0.1, 0.15) is 31.3 Å². The van der Waals surface area contributed by atoms with Crippen LogP contribution in [-0.2, 0) is 4.74 Å². The first-order valence-electron chi connectivity index (χ1n) is 4.58. The van der Waals surface area contributed by atoms with Crippen LogP contribution in [-0.4, -0.2) is 27.2 Å². The van der Waals surface area contributed by atoms with Crippen molar-refractivity contribution < 1.29 is 14.3 Å². The van der Waals surface area contributed by atoms with Gasteiger partial charge in [0, 0.05) is 0 Å². The molecule has 0 saturated heterocycles. The van der Waals surface area contributed by atoms with E-state index >= 15 is 0 Å². The molecule has 0 saturated carbocycles. The number of ether oxygens (including phenoxy) is 1. The Morgan fingerprint density at radius 2 is 2.00 bits per heavy atom. The van der Waals surface area contributed by atoms with Gasteiger partial charge in [-0.1, -0.05) is 0 Å². The molecule has 0 aliphatic carbocycles. The number of amides is 1. The van der Waals surface area contributed by atoms with E-state index in [1.54, 1.807) is 20.8 Å². The lowest BCUT2D eigenvalue weighted by Gasteiger charge is -2.19. The molecule has 0 unspecified atom stereocenters. The Morgan fingerprint density at radius 3 is 2.38 bits per heavy atom. The largest absolute Gasteiger partial charge is 0.443 e. The molecule has 0 aromatic carbocycles. The molecule has 0 fully saturated rings. The summed E-state index contributed by atoms with van der Waals surface area (Å²) < 4.78 is 5.99. The number of nitrogens with two attached hydrogens (primary N) is 2. The first-order valence-corrected chi connectivity index (χ1v) is 4.58. The quantitative estimate of drug-likeness (QED) is 0.717. The Kier molecular flexibility index (Phi) is 2.88. The maximum atomic E-state index is 11.6. The summed E-state index contributed by atoms with van der Waals surface area (Å²) in [6, 6.07) is 0. The van der Waals surface area contributed by atoms with Gasteiger partial charge < -0.3 is 16.2 Å². The summed E-state index contributed by atoms with van der Waals surface area (Å²) in [6.07, 6.45) is 0.397. The molecule has 1 aromatic rings. The average molecular weight is 226 g/mol. The Morgan fingerprint density at radius 1 is 1.44 bits per heavy atom. The molecule has 1 heterocycles. The molecule has 0 atom stereocenters. The van der Waals surface area contributed by atoms with Crippen molar-refractivity contribution in [1.29, 1.82) is 0 Å². The summed E-state index contributed by atoms with van der Waals surface area (Å²) in [5.41, 5.74) is 9.73. The van der Waals surface area contributed by atoms with Gasteiger partial charge in [0.1, 0.15) is 17.7 Å². The molecule has 16 heavy (non-hydrogen) atoms. The van der Waals surface area contributed by atoms with E-state index in [1.807, 2.05) is 0 Å². The molecule has 1 amide bonds. The molecule has 88 valence electrons. The summed E-state index contributed by atoms with van der Waals surface area (Å²) in [5.74, 6) is -0.915. The molecule has 1 rings (SSSR count). The second kappa shape index (κ2) is 3.84. The molecule has 7 nitrogen and oxygen atoms in total. The number of rotatable bonds is 1. The zero-order valence-electron chi connectivity index (χ0n) is 9.35. The zero-order chi connectivity index (χ0) is 12.5. The van der Waals surface area contributed by atoms with Crippen LogP contribution in [0.4, 0.5) is 10.6 Å². The van der Waals surface area contributed by atoms with Gasteiger partial charge in [-0.15, -0.1) is 0 Å². The van der Waals surface area contributed by atoms with E-state index in [1.165, 1.54) is 0 Å². The number of imidazole rings is 1. The second-order valence-corrected chi connectivity index (χ2v) is 4.19. The van der Waals surface area contributed by atoms with Crippen LogP contribution in [0.3, 0.4) is 0 Å². The van der Waals surface area contributed by atoms with Crippen molar-refractivity contribution in [3.63, 3.8) is 0 Å². The maximum absolute atomic E-state index is 11.6. The van der Waals surface area contributed by atoms with Crippen molar-refractivity contribution in [2.45, 2.75) is 26.4 Å². The highest BCUT2D eigenvalue weighted by molar-refractivity contribution is 5.96. The predicted octanol–water partition coefficient (Wildman–Crippen LogP) is 0.347. The van der Waals surface area contributed by atoms with Gasteiger partial charge in [0.15, 0.2) is 5.69 Å². The van der Waals surface area contributed by atoms with Gasteiger partial charge >= 0.3 is 6.09 Å². The molecule has 0 spiro atoms. The zero-order valence-corrected chi connectivity index (χ0v) is 9.35. The van der Waals surface area contributed by atoms with Crippen molar-refractivity contribution in [3.05, 3.63) is 12.0 Å². The Hall–Kier alpha value is -2.05. The van der Waals surface area contributed by atoms with Gasteiger partial charge in [-0.2, -0.15) is 0 Å². The lowest BCUT2D eigenvalue weighted by atomic mass is 10.2. The normalized spacial score (nSPS) is 11.2. The minimum Gasteiger partial charge on any atom is -0.443 e. The molecule has 0 aliphatic heterocycles. The van der Waals surface area contributed by atoms with Crippen molar-refractivity contribution >= 4 is 17.8 Å². The van der Waals surface area contributed by atoms with Gasteiger partial charge in [-0.05, 0) is 20.8 Å². The summed E-state index contributed by atoms with van der Waals surface area (Å²) in [4.78, 5) is 26.1. The van der Waals surface area contributed by atoms with Crippen molar-refractivity contribution in [2.24, 2.45) is 5.73 Å². The first-order chi connectivity index (χ1) is 7.22. The second-order valence-electron chi connectivity index (χ2n) is 4.19. The van der Waals surface area contributed by atoms with E-state index in [2.05, 4.69) is 4.98 Å². The number of hydrogen-bond donors (Lipinski definition) is 2. The van der Waals surface area contributed by atoms with E-state index in [9.17, 15) is 9.59 Å². The van der Waals surface area contributed by atoms with E-state index < -0.39 is 17.6 Å². The number of anilines is 1. The molecule has 0 bridgehead atoms. The molecule has 0 radical (unpaired) electrons. The number of primary amides is 1. The monoisotopic (exact) mass is 226 g/mol. The fraction of sp³-hybridized carbons (Fsp3) is 0.444. The minimum atomic E-state index is -0.792. The lowest BCUT2D eigenvalue weighted by Crippen LogP contribution is -2.27. The highest BCUT2D eigenvalue weighted by atomic mass is 16.6. The lowest BCUT2D eigenvalue weighted by molar-refractivity contribution is 0.0540. The van der Waals surface area contributed by atoms with Crippen molar-refractivity contribution in [2.75, 3.05) is 5.73 Å². The smallest absolute Gasteiger partial charge is 0.421 e. The van der Waals surface area contributed by atoms with Crippen LogP contribution >= 0.6 is 0 Å². The minimum absolute atomic E-state index is 0.123. The van der Waals surface area contributed by atoms with Crippen molar-refractivity contribution in [3.8, 4) is 0 Å². The maximum Gasteiger partial charge on any atom is 0.421 e. The Labute approximate surface area is 92.4 Å². The van der Waals surface area contributed by atoms with E-state index in [0.717, 1.165) is 10.9 Å². The van der Waals surface area contributed by atoms with Gasteiger partial charge in [0.2, 0.25) is 0 Å². The third-order valence-electron chi connectivity index (χ3n) is 1.63. The molecular weight excluding hydrogens is 212 g/mol. The SMILES string of the molecule is CC(C)(C)OC(=O)n1cnc(C(N)=O)c1N. The molecular formula is C9H14N4O3. The Bertz CT molecular complexity index is 430. The standard InChI is InChI=1S/C9H14N4O3/c1-9(2,3)16-8(15)13-4-12-5(6(13)10)7(11)14/h4H,10H2,1-3H3,(H2,11,14). The van der Waals surface area contributed by atoms with Gasteiger partial charge in [0.05, 0.1) is 0 Å². The van der Waals surface area contributed by atoms with Gasteiger partial charge in [-0.3, -0.25) is 4.79 Å². The highest BCUT2D eigenvalue weighted by Gasteiger charge is 2.22.